The fraction of sp³-hybridized carbons (Fsp3) is 0.500. The molecule has 0 saturated carbocycles. The van der Waals surface area contributed by atoms with Crippen LogP contribution in [0.4, 0.5) is 10.6 Å². The van der Waals surface area contributed by atoms with Crippen molar-refractivity contribution in [1.29, 1.82) is 0 Å². The van der Waals surface area contributed by atoms with E-state index in [1.807, 2.05) is 12.5 Å². The molecule has 2 aromatic rings. The van der Waals surface area contributed by atoms with Crippen LogP contribution in [0.3, 0.4) is 0 Å². The molecule has 21 heavy (non-hydrogen) atoms. The van der Waals surface area contributed by atoms with Crippen LogP contribution in [0.1, 0.15) is 20.8 Å². The van der Waals surface area contributed by atoms with E-state index in [0.29, 0.717) is 16.8 Å². The smallest absolute Gasteiger partial charge is 0.413 e. The number of anilines is 1. The zero-order chi connectivity index (χ0) is 15.6. The molecule has 2 aromatic heterocycles. The summed E-state index contributed by atoms with van der Waals surface area (Å²) in [6, 6.07) is 0. The SMILES string of the molecule is CSc1nc(SC)n2cc(NC(=O)OC(C)(C)C)nc2n1. The highest BCUT2D eigenvalue weighted by molar-refractivity contribution is 7.99. The third kappa shape index (κ3) is 4.01. The van der Waals surface area contributed by atoms with Crippen LogP contribution in [0.5, 0.6) is 0 Å². The van der Waals surface area contributed by atoms with Crippen molar-refractivity contribution >= 4 is 41.2 Å². The molecule has 0 saturated heterocycles. The molecule has 0 atom stereocenters. The molecule has 0 aliphatic heterocycles. The Balaban J connectivity index is 2.28. The molecule has 7 nitrogen and oxygen atoms in total. The number of carbonyl (C=O) groups excluding carboxylic acids is 1. The number of hydrogen-bond acceptors (Lipinski definition) is 7. The highest BCUT2D eigenvalue weighted by Crippen LogP contribution is 2.20. The van der Waals surface area contributed by atoms with E-state index in [1.165, 1.54) is 23.5 Å². The van der Waals surface area contributed by atoms with Gasteiger partial charge >= 0.3 is 6.09 Å². The largest absolute Gasteiger partial charge is 0.444 e. The first kappa shape index (κ1) is 15.9. The van der Waals surface area contributed by atoms with Crippen LogP contribution >= 0.6 is 23.5 Å². The van der Waals surface area contributed by atoms with E-state index in [-0.39, 0.29) is 0 Å². The average molecular weight is 327 g/mol. The summed E-state index contributed by atoms with van der Waals surface area (Å²) < 4.78 is 6.93. The number of nitrogens with one attached hydrogen (secondary N) is 1. The van der Waals surface area contributed by atoms with E-state index in [9.17, 15) is 4.79 Å². The van der Waals surface area contributed by atoms with Crippen molar-refractivity contribution in [2.45, 2.75) is 36.7 Å². The van der Waals surface area contributed by atoms with Gasteiger partial charge < -0.3 is 4.74 Å². The number of aromatic nitrogens is 4. The zero-order valence-corrected chi connectivity index (χ0v) is 14.1. The van der Waals surface area contributed by atoms with Crippen molar-refractivity contribution in [3.8, 4) is 0 Å². The van der Waals surface area contributed by atoms with Crippen molar-refractivity contribution in [3.63, 3.8) is 0 Å². The fourth-order valence-electron chi connectivity index (χ4n) is 1.54. The Morgan fingerprint density at radius 3 is 2.52 bits per heavy atom. The molecule has 0 fully saturated rings. The Morgan fingerprint density at radius 2 is 1.95 bits per heavy atom. The van der Waals surface area contributed by atoms with Crippen molar-refractivity contribution in [2.75, 3.05) is 17.8 Å². The molecule has 9 heteroatoms. The number of nitrogens with zero attached hydrogens (tertiary/aromatic N) is 4. The van der Waals surface area contributed by atoms with Gasteiger partial charge in [0.2, 0.25) is 5.78 Å². The molecule has 1 N–H and O–H groups in total. The third-order valence-corrected chi connectivity index (χ3v) is 3.48. The number of ether oxygens (including phenoxy) is 1. The molecule has 0 aliphatic carbocycles. The lowest BCUT2D eigenvalue weighted by molar-refractivity contribution is 0.0635. The second-order valence-corrected chi connectivity index (χ2v) is 6.67. The van der Waals surface area contributed by atoms with Gasteiger partial charge in [0.25, 0.3) is 0 Å². The highest BCUT2D eigenvalue weighted by atomic mass is 32.2. The normalized spacial score (nSPS) is 11.7. The van der Waals surface area contributed by atoms with E-state index >= 15 is 0 Å². The summed E-state index contributed by atoms with van der Waals surface area (Å²) in [4.78, 5) is 24.7. The van der Waals surface area contributed by atoms with Crippen molar-refractivity contribution in [3.05, 3.63) is 6.20 Å². The van der Waals surface area contributed by atoms with Crippen molar-refractivity contribution in [2.24, 2.45) is 0 Å². The predicted molar refractivity (Wildman–Crippen MR) is 84.2 cm³/mol. The Hall–Kier alpha value is -1.48. The van der Waals surface area contributed by atoms with Gasteiger partial charge in [-0.15, -0.1) is 0 Å². The second-order valence-electron chi connectivity index (χ2n) is 5.12. The monoisotopic (exact) mass is 327 g/mol. The van der Waals surface area contributed by atoms with Gasteiger partial charge in [-0.1, -0.05) is 23.5 Å². The highest BCUT2D eigenvalue weighted by Gasteiger charge is 2.18. The molecule has 0 bridgehead atoms. The summed E-state index contributed by atoms with van der Waals surface area (Å²) in [6.45, 7) is 5.41. The summed E-state index contributed by atoms with van der Waals surface area (Å²) in [5.41, 5.74) is -0.556. The predicted octanol–water partition coefficient (Wildman–Crippen LogP) is 2.92. The molecular formula is C12H17N5O2S2. The van der Waals surface area contributed by atoms with Gasteiger partial charge in [-0.2, -0.15) is 15.0 Å². The van der Waals surface area contributed by atoms with Gasteiger partial charge in [-0.05, 0) is 33.3 Å². The lowest BCUT2D eigenvalue weighted by Crippen LogP contribution is -2.27. The number of amides is 1. The van der Waals surface area contributed by atoms with Gasteiger partial charge in [0.05, 0.1) is 6.20 Å². The maximum atomic E-state index is 11.8. The molecular weight excluding hydrogens is 310 g/mol. The van der Waals surface area contributed by atoms with E-state index in [0.717, 1.165) is 5.16 Å². The summed E-state index contributed by atoms with van der Waals surface area (Å²) >= 11 is 2.93. The first-order valence-corrected chi connectivity index (χ1v) is 8.62. The van der Waals surface area contributed by atoms with Gasteiger partial charge in [-0.3, -0.25) is 9.72 Å². The maximum absolute atomic E-state index is 11.8. The first-order chi connectivity index (χ1) is 9.82. The minimum atomic E-state index is -0.556. The molecule has 0 spiro atoms. The number of thioether (sulfide) groups is 2. The summed E-state index contributed by atoms with van der Waals surface area (Å²) in [5.74, 6) is 0.872. The van der Waals surface area contributed by atoms with E-state index in [1.54, 1.807) is 31.4 Å². The van der Waals surface area contributed by atoms with Gasteiger partial charge in [-0.25, -0.2) is 4.79 Å². The average Bonchev–Trinajstić information content (AvgIpc) is 2.76. The molecule has 1 amide bonds. The number of carbonyl (C=O) groups is 1. The maximum Gasteiger partial charge on any atom is 0.413 e. The van der Waals surface area contributed by atoms with E-state index in [2.05, 4.69) is 20.3 Å². The molecule has 2 rings (SSSR count). The van der Waals surface area contributed by atoms with Crippen LogP contribution < -0.4 is 5.32 Å². The molecule has 2 heterocycles. The van der Waals surface area contributed by atoms with Crippen molar-refractivity contribution < 1.29 is 9.53 Å². The van der Waals surface area contributed by atoms with Gasteiger partial charge in [0, 0.05) is 0 Å². The Morgan fingerprint density at radius 1 is 1.24 bits per heavy atom. The second kappa shape index (κ2) is 6.10. The standard InChI is InChI=1S/C12H17N5O2S2/c1-12(2,3)19-11(18)14-7-6-17-8(13-7)15-9(20-4)16-10(17)21-5/h6H,1-5H3,(H,14,18). The van der Waals surface area contributed by atoms with E-state index in [4.69, 9.17) is 4.74 Å². The zero-order valence-electron chi connectivity index (χ0n) is 12.5. The minimum Gasteiger partial charge on any atom is -0.444 e. The minimum absolute atomic E-state index is 0.382. The molecule has 0 unspecified atom stereocenters. The Labute approximate surface area is 131 Å². The topological polar surface area (TPSA) is 81.4 Å². The van der Waals surface area contributed by atoms with Crippen LogP contribution in [0.15, 0.2) is 16.5 Å². The van der Waals surface area contributed by atoms with E-state index < -0.39 is 11.7 Å². The molecule has 0 aliphatic rings. The number of fused-ring (bicyclic) bond motifs is 1. The Kier molecular flexibility index (Phi) is 4.62. The number of rotatable bonds is 3. The summed E-state index contributed by atoms with van der Waals surface area (Å²) in [7, 11) is 0. The lowest BCUT2D eigenvalue weighted by atomic mass is 10.2. The molecule has 114 valence electrons. The van der Waals surface area contributed by atoms with Crippen LogP contribution in [-0.4, -0.2) is 43.6 Å². The lowest BCUT2D eigenvalue weighted by Gasteiger charge is -2.18. The van der Waals surface area contributed by atoms with Gasteiger partial charge in [0.15, 0.2) is 16.1 Å². The van der Waals surface area contributed by atoms with Crippen LogP contribution in [0, 0.1) is 0 Å². The van der Waals surface area contributed by atoms with Crippen LogP contribution in [-0.2, 0) is 4.74 Å². The first-order valence-electron chi connectivity index (χ1n) is 6.17. The quantitative estimate of drug-likeness (QED) is 0.868. The number of imidazole rings is 1. The Bertz CT molecular complexity index is 665. The van der Waals surface area contributed by atoms with Gasteiger partial charge in [0.1, 0.15) is 5.60 Å². The molecule has 0 radical (unpaired) electrons. The molecule has 0 aromatic carbocycles. The summed E-state index contributed by atoms with van der Waals surface area (Å²) in [6.07, 6.45) is 4.95. The van der Waals surface area contributed by atoms with Crippen LogP contribution in [0.2, 0.25) is 0 Å². The fourth-order valence-corrected chi connectivity index (χ4v) is 2.46. The third-order valence-electron chi connectivity index (χ3n) is 2.27. The number of hydrogen-bond donors (Lipinski definition) is 1. The summed E-state index contributed by atoms with van der Waals surface area (Å²) in [5, 5.41) is 4.00. The van der Waals surface area contributed by atoms with Crippen LogP contribution in [0.25, 0.3) is 5.78 Å². The van der Waals surface area contributed by atoms with Crippen molar-refractivity contribution in [1.82, 2.24) is 19.4 Å².